The largest absolute Gasteiger partial charge is 0.494 e. The Kier molecular flexibility index (Phi) is 5.03. The van der Waals surface area contributed by atoms with Crippen molar-refractivity contribution in [3.05, 3.63) is 29.4 Å². The number of fused-ring (bicyclic) bond motifs is 1. The van der Waals surface area contributed by atoms with Crippen molar-refractivity contribution in [2.24, 2.45) is 0 Å². The van der Waals surface area contributed by atoms with Crippen LogP contribution in [0.25, 0.3) is 22.3 Å². The lowest BCUT2D eigenvalue weighted by atomic mass is 10.1. The van der Waals surface area contributed by atoms with Gasteiger partial charge in [0.05, 0.1) is 19.4 Å². The van der Waals surface area contributed by atoms with E-state index in [-0.39, 0.29) is 17.3 Å². The highest BCUT2D eigenvalue weighted by molar-refractivity contribution is 7.14. The van der Waals surface area contributed by atoms with Gasteiger partial charge in [-0.1, -0.05) is 0 Å². The van der Waals surface area contributed by atoms with Crippen molar-refractivity contribution >= 4 is 27.4 Å². The molecule has 2 aromatic heterocycles. The number of ether oxygens (including phenoxy) is 2. The average Bonchev–Trinajstić information content (AvgIpc) is 3.03. The Hall–Kier alpha value is -2.41. The number of thiazole rings is 1. The maximum Gasteiger partial charge on any atom is 0.191 e. The zero-order valence-electron chi connectivity index (χ0n) is 14.6. The second-order valence-electron chi connectivity index (χ2n) is 5.75. The Morgan fingerprint density at radius 1 is 1.20 bits per heavy atom. The Balaban J connectivity index is 2.14. The number of hydrogen-bond donors (Lipinski definition) is 1. The van der Waals surface area contributed by atoms with Crippen LogP contribution in [-0.4, -0.2) is 29.7 Å². The van der Waals surface area contributed by atoms with Gasteiger partial charge in [0.25, 0.3) is 0 Å². The van der Waals surface area contributed by atoms with Crippen molar-refractivity contribution in [3.63, 3.8) is 0 Å². The molecule has 0 fully saturated rings. The van der Waals surface area contributed by atoms with E-state index in [1.807, 2.05) is 26.2 Å². The third-order valence-corrected chi connectivity index (χ3v) is 4.32. The van der Waals surface area contributed by atoms with Gasteiger partial charge >= 0.3 is 0 Å². The Bertz CT molecular complexity index is 895. The van der Waals surface area contributed by atoms with Gasteiger partial charge in [-0.25, -0.2) is 14.4 Å². The Morgan fingerprint density at radius 3 is 2.68 bits per heavy atom. The molecule has 1 aromatic carbocycles. The highest BCUT2D eigenvalue weighted by atomic mass is 32.1. The summed E-state index contributed by atoms with van der Waals surface area (Å²) in [5, 5.41) is 6.56. The van der Waals surface area contributed by atoms with Crippen LogP contribution in [0.4, 0.5) is 9.52 Å². The number of benzene rings is 1. The molecule has 25 heavy (non-hydrogen) atoms. The van der Waals surface area contributed by atoms with Crippen LogP contribution in [0.15, 0.2) is 23.6 Å². The Labute approximate surface area is 149 Å². The van der Waals surface area contributed by atoms with E-state index in [4.69, 9.17) is 9.47 Å². The van der Waals surface area contributed by atoms with E-state index in [9.17, 15) is 4.39 Å². The summed E-state index contributed by atoms with van der Waals surface area (Å²) < 4.78 is 25.5. The fraction of sp³-hybridized carbons (Fsp3) is 0.333. The summed E-state index contributed by atoms with van der Waals surface area (Å²) in [5.74, 6) is 0.231. The van der Waals surface area contributed by atoms with Gasteiger partial charge in [-0.15, -0.1) is 11.3 Å². The Morgan fingerprint density at radius 2 is 2.00 bits per heavy atom. The van der Waals surface area contributed by atoms with Crippen molar-refractivity contribution in [2.45, 2.75) is 26.8 Å². The third-order valence-electron chi connectivity index (χ3n) is 3.54. The van der Waals surface area contributed by atoms with Crippen molar-refractivity contribution in [1.82, 2.24) is 9.97 Å². The van der Waals surface area contributed by atoms with Crippen molar-refractivity contribution in [2.75, 3.05) is 19.0 Å². The number of pyridine rings is 1. The topological polar surface area (TPSA) is 56.3 Å². The number of nitrogens with zero attached hydrogens (tertiary/aromatic N) is 2. The van der Waals surface area contributed by atoms with E-state index < -0.39 is 5.82 Å². The maximum absolute atomic E-state index is 14.7. The highest BCUT2D eigenvalue weighted by Crippen LogP contribution is 2.35. The molecule has 0 amide bonds. The predicted octanol–water partition coefficient (Wildman–Crippen LogP) is 4.73. The number of methoxy groups -OCH3 is 1. The van der Waals surface area contributed by atoms with E-state index >= 15 is 0 Å². The van der Waals surface area contributed by atoms with Gasteiger partial charge in [0.2, 0.25) is 0 Å². The van der Waals surface area contributed by atoms with Gasteiger partial charge in [0, 0.05) is 22.9 Å². The van der Waals surface area contributed by atoms with E-state index in [1.54, 1.807) is 18.2 Å². The van der Waals surface area contributed by atoms with E-state index in [1.165, 1.54) is 18.4 Å². The molecule has 3 rings (SSSR count). The minimum absolute atomic E-state index is 0.153. The van der Waals surface area contributed by atoms with Crippen LogP contribution in [0.1, 0.15) is 20.8 Å². The summed E-state index contributed by atoms with van der Waals surface area (Å²) in [6, 6.07) is 5.41. The first-order valence-electron chi connectivity index (χ1n) is 8.06. The lowest BCUT2D eigenvalue weighted by Crippen LogP contribution is -2.09. The first-order valence-corrected chi connectivity index (χ1v) is 8.94. The number of nitrogens with one attached hydrogen (secondary N) is 1. The molecule has 0 bridgehead atoms. The van der Waals surface area contributed by atoms with E-state index in [2.05, 4.69) is 15.3 Å². The second kappa shape index (κ2) is 7.23. The van der Waals surface area contributed by atoms with Crippen molar-refractivity contribution < 1.29 is 13.9 Å². The summed E-state index contributed by atoms with van der Waals surface area (Å²) >= 11 is 1.49. The zero-order chi connectivity index (χ0) is 18.0. The fourth-order valence-electron chi connectivity index (χ4n) is 2.48. The van der Waals surface area contributed by atoms with Gasteiger partial charge in [-0.2, -0.15) is 0 Å². The van der Waals surface area contributed by atoms with Gasteiger partial charge in [-0.05, 0) is 32.9 Å². The third kappa shape index (κ3) is 3.51. The number of hydrogen-bond acceptors (Lipinski definition) is 6. The van der Waals surface area contributed by atoms with Gasteiger partial charge in [-0.3, -0.25) is 0 Å². The smallest absolute Gasteiger partial charge is 0.191 e. The number of halogens is 1. The molecule has 132 valence electrons. The van der Waals surface area contributed by atoms with Crippen molar-refractivity contribution in [1.29, 1.82) is 0 Å². The van der Waals surface area contributed by atoms with E-state index in [0.29, 0.717) is 29.1 Å². The first-order chi connectivity index (χ1) is 12.0. The molecule has 0 aliphatic carbocycles. The molecule has 0 aliphatic heterocycles. The molecule has 0 spiro atoms. The SMILES string of the molecule is CCOc1cc(-c2csc(NC(C)C)n2)nc2c(F)c(OC)ccc12. The maximum atomic E-state index is 14.7. The summed E-state index contributed by atoms with van der Waals surface area (Å²) in [7, 11) is 1.43. The van der Waals surface area contributed by atoms with Crippen LogP contribution in [0.2, 0.25) is 0 Å². The molecule has 2 heterocycles. The van der Waals surface area contributed by atoms with Gasteiger partial charge in [0.1, 0.15) is 17.0 Å². The lowest BCUT2D eigenvalue weighted by Gasteiger charge is -2.11. The number of rotatable bonds is 6. The summed E-state index contributed by atoms with van der Waals surface area (Å²) in [6.45, 7) is 6.46. The molecular formula is C18H20FN3O2S. The molecule has 0 unspecified atom stereocenters. The summed E-state index contributed by atoms with van der Waals surface area (Å²) in [4.78, 5) is 9.01. The molecular weight excluding hydrogens is 341 g/mol. The molecule has 0 atom stereocenters. The lowest BCUT2D eigenvalue weighted by molar-refractivity contribution is 0.344. The minimum atomic E-state index is -0.501. The van der Waals surface area contributed by atoms with Crippen LogP contribution in [0.3, 0.4) is 0 Å². The number of anilines is 1. The normalized spacial score (nSPS) is 11.1. The van der Waals surface area contributed by atoms with E-state index in [0.717, 1.165) is 5.13 Å². The second-order valence-corrected chi connectivity index (χ2v) is 6.61. The molecule has 0 aliphatic rings. The fourth-order valence-corrected chi connectivity index (χ4v) is 3.33. The van der Waals surface area contributed by atoms with Crippen LogP contribution < -0.4 is 14.8 Å². The molecule has 0 saturated carbocycles. The minimum Gasteiger partial charge on any atom is -0.494 e. The van der Waals surface area contributed by atoms with Gasteiger partial charge in [0.15, 0.2) is 16.7 Å². The zero-order valence-corrected chi connectivity index (χ0v) is 15.4. The molecule has 0 radical (unpaired) electrons. The number of aromatic nitrogens is 2. The molecule has 7 heteroatoms. The summed E-state index contributed by atoms with van der Waals surface area (Å²) in [5.41, 5.74) is 1.46. The predicted molar refractivity (Wildman–Crippen MR) is 99.3 cm³/mol. The molecule has 0 saturated heterocycles. The van der Waals surface area contributed by atoms with Crippen LogP contribution in [0, 0.1) is 5.82 Å². The van der Waals surface area contributed by atoms with Crippen LogP contribution in [0.5, 0.6) is 11.5 Å². The quantitative estimate of drug-likeness (QED) is 0.688. The molecule has 5 nitrogen and oxygen atoms in total. The monoisotopic (exact) mass is 361 g/mol. The van der Waals surface area contributed by atoms with Crippen LogP contribution >= 0.6 is 11.3 Å². The summed E-state index contributed by atoms with van der Waals surface area (Å²) in [6.07, 6.45) is 0. The molecule has 3 aromatic rings. The first kappa shape index (κ1) is 17.4. The van der Waals surface area contributed by atoms with Crippen LogP contribution in [-0.2, 0) is 0 Å². The standard InChI is InChI=1S/C18H20FN3O2S/c1-5-24-15-8-12(13-9-25-18(22-13)20-10(2)3)21-17-11(15)6-7-14(23-4)16(17)19/h6-10H,5H2,1-4H3,(H,20,22). The average molecular weight is 361 g/mol. The van der Waals surface area contributed by atoms with Crippen molar-refractivity contribution in [3.8, 4) is 22.9 Å². The van der Waals surface area contributed by atoms with Gasteiger partial charge < -0.3 is 14.8 Å². The highest BCUT2D eigenvalue weighted by Gasteiger charge is 2.17. The molecule has 1 N–H and O–H groups in total.